The molecule has 22 heavy (non-hydrogen) atoms. The Morgan fingerprint density at radius 1 is 1.36 bits per heavy atom. The number of hydrogen-bond donors (Lipinski definition) is 0. The number of aryl methyl sites for hydroxylation is 1. The largest absolute Gasteiger partial charge is 0.369 e. The van der Waals surface area contributed by atoms with E-state index < -0.39 is 15.4 Å². The summed E-state index contributed by atoms with van der Waals surface area (Å²) in [5, 5.41) is 0. The predicted octanol–water partition coefficient (Wildman–Crippen LogP) is 2.04. The topological polar surface area (TPSA) is 63.7 Å². The molecule has 0 bridgehead atoms. The monoisotopic (exact) mass is 325 g/mol. The van der Waals surface area contributed by atoms with Gasteiger partial charge in [0.05, 0.1) is 16.6 Å². The van der Waals surface area contributed by atoms with Gasteiger partial charge in [0.1, 0.15) is 0 Å². The molecule has 1 aromatic rings. The van der Waals surface area contributed by atoms with Crippen LogP contribution in [0.3, 0.4) is 0 Å². The van der Waals surface area contributed by atoms with Gasteiger partial charge in [0.2, 0.25) is 0 Å². The molecule has 0 saturated carbocycles. The Kier molecular flexibility index (Phi) is 4.37. The third-order valence-electron chi connectivity index (χ3n) is 3.72. The summed E-state index contributed by atoms with van der Waals surface area (Å²) in [7, 11) is -3.34. The van der Waals surface area contributed by atoms with Crippen molar-refractivity contribution in [3.8, 4) is 0 Å². The third kappa shape index (κ3) is 3.67. The number of carbonyl (C=O) groups excluding carboxylic acids is 1. The Morgan fingerprint density at radius 2 is 2.00 bits per heavy atom. The first-order chi connectivity index (χ1) is 9.99. The van der Waals surface area contributed by atoms with Crippen molar-refractivity contribution in [2.75, 3.05) is 19.3 Å². The molecule has 122 valence electrons. The Labute approximate surface area is 132 Å². The molecule has 1 unspecified atom stereocenters. The normalized spacial score (nSPS) is 21.7. The van der Waals surface area contributed by atoms with E-state index in [4.69, 9.17) is 4.74 Å². The van der Waals surface area contributed by atoms with Crippen LogP contribution in [0.25, 0.3) is 0 Å². The average Bonchev–Trinajstić information content (AvgIpc) is 2.34. The number of rotatable bonds is 2. The molecule has 1 aromatic carbocycles. The van der Waals surface area contributed by atoms with Crippen LogP contribution < -0.4 is 0 Å². The summed E-state index contributed by atoms with van der Waals surface area (Å²) >= 11 is 0. The molecular weight excluding hydrogens is 302 g/mol. The second kappa shape index (κ2) is 5.66. The van der Waals surface area contributed by atoms with Gasteiger partial charge in [-0.25, -0.2) is 8.42 Å². The summed E-state index contributed by atoms with van der Waals surface area (Å²) in [5.74, 6) is -0.147. The van der Waals surface area contributed by atoms with E-state index in [1.54, 1.807) is 11.0 Å². The quantitative estimate of drug-likeness (QED) is 0.835. The van der Waals surface area contributed by atoms with Crippen molar-refractivity contribution < 1.29 is 17.9 Å². The molecule has 1 heterocycles. The summed E-state index contributed by atoms with van der Waals surface area (Å²) in [4.78, 5) is 14.7. The average molecular weight is 325 g/mol. The van der Waals surface area contributed by atoms with Crippen LogP contribution in [0, 0.1) is 6.92 Å². The highest BCUT2D eigenvalue weighted by molar-refractivity contribution is 7.90. The van der Waals surface area contributed by atoms with E-state index in [-0.39, 0.29) is 16.9 Å². The van der Waals surface area contributed by atoms with Gasteiger partial charge >= 0.3 is 0 Å². The minimum absolute atomic E-state index is 0.0499. The molecule has 1 fully saturated rings. The zero-order valence-corrected chi connectivity index (χ0v) is 14.5. The Balaban J connectivity index is 2.37. The molecule has 2 rings (SSSR count). The van der Waals surface area contributed by atoms with Crippen molar-refractivity contribution in [2.45, 2.75) is 44.3 Å². The molecule has 1 aliphatic heterocycles. The molecule has 1 amide bonds. The highest BCUT2D eigenvalue weighted by Crippen LogP contribution is 2.24. The fourth-order valence-electron chi connectivity index (χ4n) is 2.84. The van der Waals surface area contributed by atoms with Crippen LogP contribution in [-0.2, 0) is 14.6 Å². The van der Waals surface area contributed by atoms with Gasteiger partial charge in [0.25, 0.3) is 5.91 Å². The zero-order chi connectivity index (χ0) is 16.7. The number of ether oxygens (including phenoxy) is 1. The minimum Gasteiger partial charge on any atom is -0.369 e. The molecule has 1 atom stereocenters. The maximum atomic E-state index is 12.8. The van der Waals surface area contributed by atoms with E-state index in [0.717, 1.165) is 11.8 Å². The lowest BCUT2D eigenvalue weighted by Crippen LogP contribution is -2.53. The fourth-order valence-corrected chi connectivity index (χ4v) is 3.49. The summed E-state index contributed by atoms with van der Waals surface area (Å²) in [6.45, 7) is 8.63. The van der Waals surface area contributed by atoms with Crippen LogP contribution in [0.5, 0.6) is 0 Å². The van der Waals surface area contributed by atoms with Crippen molar-refractivity contribution in [1.82, 2.24) is 4.90 Å². The molecule has 6 heteroatoms. The number of amides is 1. The molecule has 0 aromatic heterocycles. The maximum Gasteiger partial charge on any atom is 0.254 e. The van der Waals surface area contributed by atoms with E-state index in [2.05, 4.69) is 0 Å². The fraction of sp³-hybridized carbons (Fsp3) is 0.562. The Morgan fingerprint density at radius 3 is 2.55 bits per heavy atom. The highest BCUT2D eigenvalue weighted by atomic mass is 32.2. The van der Waals surface area contributed by atoms with Crippen LogP contribution in [0.15, 0.2) is 23.1 Å². The highest BCUT2D eigenvalue weighted by Gasteiger charge is 2.34. The molecule has 1 saturated heterocycles. The van der Waals surface area contributed by atoms with Crippen molar-refractivity contribution in [3.63, 3.8) is 0 Å². The summed E-state index contributed by atoms with van der Waals surface area (Å²) in [6.07, 6.45) is 1.09. The minimum atomic E-state index is -3.34. The van der Waals surface area contributed by atoms with Crippen LogP contribution in [0.2, 0.25) is 0 Å². The molecule has 0 aliphatic carbocycles. The van der Waals surface area contributed by atoms with Crippen molar-refractivity contribution >= 4 is 15.7 Å². The number of benzene rings is 1. The number of carbonyl (C=O) groups is 1. The van der Waals surface area contributed by atoms with Gasteiger partial charge in [0.15, 0.2) is 9.84 Å². The van der Waals surface area contributed by atoms with E-state index in [1.165, 1.54) is 12.1 Å². The SMILES string of the molecule is Cc1ccc(S(C)(=O)=O)cc1C(=O)N1CC(C)OC(C)(C)C1. The lowest BCUT2D eigenvalue weighted by atomic mass is 10.0. The molecule has 0 N–H and O–H groups in total. The van der Waals surface area contributed by atoms with Gasteiger partial charge < -0.3 is 9.64 Å². The van der Waals surface area contributed by atoms with Gasteiger partial charge in [-0.05, 0) is 45.4 Å². The first-order valence-electron chi connectivity index (χ1n) is 7.27. The van der Waals surface area contributed by atoms with Crippen molar-refractivity contribution in [1.29, 1.82) is 0 Å². The number of morpholine rings is 1. The van der Waals surface area contributed by atoms with Gasteiger partial charge in [-0.15, -0.1) is 0 Å². The van der Waals surface area contributed by atoms with E-state index in [9.17, 15) is 13.2 Å². The van der Waals surface area contributed by atoms with Gasteiger partial charge in [-0.3, -0.25) is 4.79 Å². The number of hydrogen-bond acceptors (Lipinski definition) is 4. The van der Waals surface area contributed by atoms with Crippen LogP contribution in [0.1, 0.15) is 36.7 Å². The molecule has 1 aliphatic rings. The van der Waals surface area contributed by atoms with Crippen LogP contribution >= 0.6 is 0 Å². The lowest BCUT2D eigenvalue weighted by molar-refractivity contribution is -0.118. The first-order valence-corrected chi connectivity index (χ1v) is 9.16. The standard InChI is InChI=1S/C16H23NO4S/c1-11-6-7-13(22(5,19)20)8-14(11)15(18)17-9-12(2)21-16(3,4)10-17/h6-8,12H,9-10H2,1-5H3. The molecule has 5 nitrogen and oxygen atoms in total. The van der Waals surface area contributed by atoms with Gasteiger partial charge in [-0.2, -0.15) is 0 Å². The third-order valence-corrected chi connectivity index (χ3v) is 4.83. The molecule has 0 radical (unpaired) electrons. The number of sulfone groups is 1. The molecular formula is C16H23NO4S. The van der Waals surface area contributed by atoms with Crippen LogP contribution in [0.4, 0.5) is 0 Å². The Hall–Kier alpha value is -1.40. The second-order valence-corrected chi connectivity index (χ2v) is 8.64. The lowest BCUT2D eigenvalue weighted by Gasteiger charge is -2.41. The summed E-state index contributed by atoms with van der Waals surface area (Å²) in [6, 6.07) is 4.69. The van der Waals surface area contributed by atoms with Crippen LogP contribution in [-0.4, -0.2) is 50.3 Å². The van der Waals surface area contributed by atoms with Crippen molar-refractivity contribution in [3.05, 3.63) is 29.3 Å². The van der Waals surface area contributed by atoms with Gasteiger partial charge in [0, 0.05) is 24.9 Å². The zero-order valence-electron chi connectivity index (χ0n) is 13.7. The molecule has 0 spiro atoms. The van der Waals surface area contributed by atoms with E-state index in [1.807, 2.05) is 27.7 Å². The number of nitrogens with zero attached hydrogens (tertiary/aromatic N) is 1. The Bertz CT molecular complexity index is 694. The second-order valence-electron chi connectivity index (χ2n) is 6.62. The van der Waals surface area contributed by atoms with E-state index in [0.29, 0.717) is 18.7 Å². The van der Waals surface area contributed by atoms with E-state index >= 15 is 0 Å². The predicted molar refractivity (Wildman–Crippen MR) is 84.8 cm³/mol. The summed E-state index contributed by atoms with van der Waals surface area (Å²) in [5.41, 5.74) is 0.803. The van der Waals surface area contributed by atoms with Crippen molar-refractivity contribution in [2.24, 2.45) is 0 Å². The first kappa shape index (κ1) is 17.0. The smallest absolute Gasteiger partial charge is 0.254 e. The maximum absolute atomic E-state index is 12.8. The van der Waals surface area contributed by atoms with Gasteiger partial charge in [-0.1, -0.05) is 6.07 Å². The summed E-state index contributed by atoms with van der Waals surface area (Å²) < 4.78 is 29.2.